The van der Waals surface area contributed by atoms with E-state index in [9.17, 15) is 4.79 Å². The Bertz CT molecular complexity index is 920. The number of aryl methyl sites for hydroxylation is 1. The summed E-state index contributed by atoms with van der Waals surface area (Å²) in [5, 5.41) is 0.0111. The molecule has 4 rings (SSSR count). The molecule has 0 bridgehead atoms. The number of allylic oxidation sites excluding steroid dienone is 4. The van der Waals surface area contributed by atoms with E-state index in [0.29, 0.717) is 24.1 Å². The van der Waals surface area contributed by atoms with E-state index in [4.69, 9.17) is 16.6 Å². The van der Waals surface area contributed by atoms with E-state index in [2.05, 4.69) is 62.0 Å². The van der Waals surface area contributed by atoms with Gasteiger partial charge in [-0.15, -0.1) is 11.6 Å². The molecule has 1 aromatic rings. The number of aromatic nitrogens is 1. The number of halogens is 1. The predicted octanol–water partition coefficient (Wildman–Crippen LogP) is 3.92. The van der Waals surface area contributed by atoms with Gasteiger partial charge in [-0.1, -0.05) is 39.0 Å². The van der Waals surface area contributed by atoms with Crippen LogP contribution in [0.3, 0.4) is 0 Å². The summed E-state index contributed by atoms with van der Waals surface area (Å²) in [5.41, 5.74) is 11.3. The van der Waals surface area contributed by atoms with Crippen LogP contribution in [-0.2, 0) is 4.79 Å². The van der Waals surface area contributed by atoms with Crippen LogP contribution in [0.5, 0.6) is 0 Å². The Morgan fingerprint density at radius 2 is 2.10 bits per heavy atom. The summed E-state index contributed by atoms with van der Waals surface area (Å²) in [6.07, 6.45) is 9.39. The van der Waals surface area contributed by atoms with Crippen LogP contribution in [0.1, 0.15) is 50.1 Å². The molecule has 30 heavy (non-hydrogen) atoms. The fourth-order valence-electron chi connectivity index (χ4n) is 4.27. The lowest BCUT2D eigenvalue weighted by Gasteiger charge is -2.19. The predicted molar refractivity (Wildman–Crippen MR) is 122 cm³/mol. The number of nitrogens with zero attached hydrogens (tertiary/aromatic N) is 2. The SMILES string of the molecule is Cc1cc(C2=CC(Cl)C(C)C=C2)cc(C2CCN(C(=O)C3=CC(C(C)C)NN3)C2)n1. The zero-order valence-electron chi connectivity index (χ0n) is 18.2. The van der Waals surface area contributed by atoms with E-state index in [1.165, 1.54) is 0 Å². The van der Waals surface area contributed by atoms with Crippen LogP contribution in [-0.4, -0.2) is 40.3 Å². The third-order valence-electron chi connectivity index (χ3n) is 6.29. The molecule has 4 atom stereocenters. The smallest absolute Gasteiger partial charge is 0.271 e. The van der Waals surface area contributed by atoms with Crippen molar-refractivity contribution in [3.8, 4) is 0 Å². The first-order chi connectivity index (χ1) is 14.3. The Kier molecular flexibility index (Phi) is 6.03. The zero-order valence-corrected chi connectivity index (χ0v) is 18.9. The molecule has 4 unspecified atom stereocenters. The molecule has 0 spiro atoms. The molecule has 1 aliphatic carbocycles. The fraction of sp³-hybridized carbons (Fsp3) is 0.500. The standard InChI is InChI=1S/C24H31ClN4O/c1-14(2)21-12-23(28-27-21)24(30)29-8-7-18(13-29)22-11-19(9-16(4)26-22)17-6-5-15(3)20(25)10-17/h5-6,9-12,14-15,18,20-21,27-28H,7-8,13H2,1-4H3. The average molecular weight is 427 g/mol. The molecule has 1 fully saturated rings. The summed E-state index contributed by atoms with van der Waals surface area (Å²) in [5.74, 6) is 1.10. The summed E-state index contributed by atoms with van der Waals surface area (Å²) >= 11 is 6.46. The minimum atomic E-state index is 0.0111. The first kappa shape index (κ1) is 21.1. The molecule has 1 saturated heterocycles. The van der Waals surface area contributed by atoms with Crippen molar-refractivity contribution in [2.75, 3.05) is 13.1 Å². The van der Waals surface area contributed by atoms with Gasteiger partial charge in [0.25, 0.3) is 5.91 Å². The Hall–Kier alpha value is -2.11. The number of likely N-dealkylation sites (tertiary alicyclic amines) is 1. The number of rotatable bonds is 4. The highest BCUT2D eigenvalue weighted by Crippen LogP contribution is 2.32. The van der Waals surface area contributed by atoms with E-state index < -0.39 is 0 Å². The highest BCUT2D eigenvalue weighted by atomic mass is 35.5. The highest BCUT2D eigenvalue weighted by molar-refractivity contribution is 6.22. The quantitative estimate of drug-likeness (QED) is 0.716. The molecule has 1 amide bonds. The lowest BCUT2D eigenvalue weighted by Crippen LogP contribution is -2.39. The molecule has 0 saturated carbocycles. The van der Waals surface area contributed by atoms with Crippen LogP contribution < -0.4 is 10.9 Å². The lowest BCUT2D eigenvalue weighted by molar-refractivity contribution is -0.126. The van der Waals surface area contributed by atoms with Crippen molar-refractivity contribution in [2.45, 2.75) is 51.5 Å². The van der Waals surface area contributed by atoms with Crippen LogP contribution in [0.2, 0.25) is 0 Å². The number of pyridine rings is 1. The highest BCUT2D eigenvalue weighted by Gasteiger charge is 2.32. The van der Waals surface area contributed by atoms with Gasteiger partial charge in [0.1, 0.15) is 5.70 Å². The summed E-state index contributed by atoms with van der Waals surface area (Å²) in [4.78, 5) is 19.7. The van der Waals surface area contributed by atoms with Gasteiger partial charge in [0.2, 0.25) is 0 Å². The number of hydrogen-bond acceptors (Lipinski definition) is 4. The Balaban J connectivity index is 1.49. The number of carbonyl (C=O) groups is 1. The van der Waals surface area contributed by atoms with Crippen LogP contribution >= 0.6 is 11.6 Å². The van der Waals surface area contributed by atoms with Crippen molar-refractivity contribution in [3.63, 3.8) is 0 Å². The van der Waals surface area contributed by atoms with E-state index in [0.717, 1.165) is 35.5 Å². The molecule has 0 aromatic carbocycles. The van der Waals surface area contributed by atoms with Gasteiger partial charge in [0.15, 0.2) is 0 Å². The number of nitrogens with one attached hydrogen (secondary N) is 2. The minimum absolute atomic E-state index is 0.0111. The number of alkyl halides is 1. The monoisotopic (exact) mass is 426 g/mol. The Labute approximate surface area is 184 Å². The Morgan fingerprint density at radius 1 is 1.30 bits per heavy atom. The van der Waals surface area contributed by atoms with Crippen molar-refractivity contribution >= 4 is 23.1 Å². The average Bonchev–Trinajstić information content (AvgIpc) is 3.39. The van der Waals surface area contributed by atoms with Crippen molar-refractivity contribution in [2.24, 2.45) is 11.8 Å². The maximum absolute atomic E-state index is 12.9. The maximum atomic E-state index is 12.9. The first-order valence-corrected chi connectivity index (χ1v) is 11.3. The fourth-order valence-corrected chi connectivity index (χ4v) is 4.49. The van der Waals surface area contributed by atoms with Gasteiger partial charge in [0, 0.05) is 36.4 Å². The minimum Gasteiger partial charge on any atom is -0.337 e. The molecule has 6 heteroatoms. The van der Waals surface area contributed by atoms with Gasteiger partial charge in [-0.25, -0.2) is 5.43 Å². The summed E-state index contributed by atoms with van der Waals surface area (Å²) < 4.78 is 0. The molecule has 2 N–H and O–H groups in total. The van der Waals surface area contributed by atoms with Crippen molar-refractivity contribution in [1.29, 1.82) is 0 Å². The molecule has 3 aliphatic rings. The molecule has 160 valence electrons. The van der Waals surface area contributed by atoms with Gasteiger partial charge in [0.05, 0.1) is 5.38 Å². The normalized spacial score (nSPS) is 28.5. The van der Waals surface area contributed by atoms with Gasteiger partial charge in [-0.3, -0.25) is 9.78 Å². The van der Waals surface area contributed by atoms with Crippen LogP contribution in [0.25, 0.3) is 5.57 Å². The molecule has 0 radical (unpaired) electrons. The first-order valence-electron chi connectivity index (χ1n) is 10.9. The largest absolute Gasteiger partial charge is 0.337 e. The summed E-state index contributed by atoms with van der Waals surface area (Å²) in [7, 11) is 0. The number of carbonyl (C=O) groups excluding carboxylic acids is 1. The second-order valence-electron chi connectivity index (χ2n) is 9.06. The van der Waals surface area contributed by atoms with E-state index in [1.807, 2.05) is 17.9 Å². The number of hydrazine groups is 1. The molecule has 1 aromatic heterocycles. The third-order valence-corrected chi connectivity index (χ3v) is 6.81. The van der Waals surface area contributed by atoms with Crippen LogP contribution in [0.4, 0.5) is 0 Å². The molecule has 5 nitrogen and oxygen atoms in total. The topological polar surface area (TPSA) is 57.3 Å². The lowest BCUT2D eigenvalue weighted by atomic mass is 9.92. The van der Waals surface area contributed by atoms with E-state index in [1.54, 1.807) is 0 Å². The van der Waals surface area contributed by atoms with Crippen molar-refractivity contribution in [1.82, 2.24) is 20.7 Å². The third kappa shape index (κ3) is 4.33. The van der Waals surface area contributed by atoms with Gasteiger partial charge in [-0.2, -0.15) is 0 Å². The molecule has 3 heterocycles. The zero-order chi connectivity index (χ0) is 21.4. The Morgan fingerprint density at radius 3 is 2.80 bits per heavy atom. The number of hydrogen-bond donors (Lipinski definition) is 2. The summed E-state index contributed by atoms with van der Waals surface area (Å²) in [6.45, 7) is 9.89. The second kappa shape index (κ2) is 8.56. The van der Waals surface area contributed by atoms with Crippen LogP contribution in [0, 0.1) is 18.8 Å². The summed E-state index contributed by atoms with van der Waals surface area (Å²) in [6, 6.07) is 4.47. The van der Waals surface area contributed by atoms with Gasteiger partial charge in [-0.05, 0) is 54.5 Å². The molecular weight excluding hydrogens is 396 g/mol. The van der Waals surface area contributed by atoms with Crippen molar-refractivity contribution in [3.05, 3.63) is 59.1 Å². The van der Waals surface area contributed by atoms with Gasteiger partial charge < -0.3 is 10.3 Å². The van der Waals surface area contributed by atoms with Crippen molar-refractivity contribution < 1.29 is 4.79 Å². The van der Waals surface area contributed by atoms with Crippen LogP contribution in [0.15, 0.2) is 42.1 Å². The van der Waals surface area contributed by atoms with E-state index >= 15 is 0 Å². The maximum Gasteiger partial charge on any atom is 0.271 e. The molecular formula is C24H31ClN4O. The van der Waals surface area contributed by atoms with E-state index in [-0.39, 0.29) is 23.2 Å². The molecule has 2 aliphatic heterocycles. The number of amides is 1. The second-order valence-corrected chi connectivity index (χ2v) is 9.57. The van der Waals surface area contributed by atoms with Gasteiger partial charge >= 0.3 is 0 Å².